The summed E-state index contributed by atoms with van der Waals surface area (Å²) in [4.78, 5) is 0. The molecule has 0 spiro atoms. The second-order valence-electron chi connectivity index (χ2n) is 7.69. The highest BCUT2D eigenvalue weighted by Crippen LogP contribution is 2.43. The van der Waals surface area contributed by atoms with Crippen LogP contribution in [0.25, 0.3) is 0 Å². The molecule has 0 atom stereocenters. The zero-order valence-corrected chi connectivity index (χ0v) is 18.9. The standard InChI is InChI=1S/C28H31OP/c1-24(2)14-13-15-25(3)22-29-23-30(26-16-7-4-8-17-26,27-18-9-5-10-19-27)28-20-11-6-12-21-28/h4-12,15-21,23H,1,13-14,22H2,2-3H3/b25-15+. The Kier molecular flexibility index (Phi) is 8.08. The first-order valence-corrected chi connectivity index (χ1v) is 12.3. The zero-order chi connectivity index (χ0) is 21.2. The van der Waals surface area contributed by atoms with E-state index in [1.807, 2.05) is 0 Å². The van der Waals surface area contributed by atoms with Crippen molar-refractivity contribution in [2.45, 2.75) is 26.7 Å². The van der Waals surface area contributed by atoms with Crippen molar-refractivity contribution in [1.82, 2.24) is 0 Å². The van der Waals surface area contributed by atoms with Crippen LogP contribution < -0.4 is 15.9 Å². The van der Waals surface area contributed by atoms with Crippen LogP contribution in [0.3, 0.4) is 0 Å². The van der Waals surface area contributed by atoms with Crippen molar-refractivity contribution < 1.29 is 4.74 Å². The van der Waals surface area contributed by atoms with Crippen LogP contribution in [0.4, 0.5) is 0 Å². The second kappa shape index (κ2) is 11.0. The topological polar surface area (TPSA) is 9.23 Å². The summed E-state index contributed by atoms with van der Waals surface area (Å²) in [6, 6.07) is 32.3. The summed E-state index contributed by atoms with van der Waals surface area (Å²) in [6.45, 7) is 6.76. The Morgan fingerprint density at radius 2 is 1.20 bits per heavy atom. The summed E-state index contributed by atoms with van der Waals surface area (Å²) in [6.07, 6.45) is 4.30. The molecule has 0 saturated carbocycles. The Balaban J connectivity index is 2.05. The van der Waals surface area contributed by atoms with Crippen LogP contribution in [-0.2, 0) is 4.74 Å². The van der Waals surface area contributed by atoms with E-state index in [1.54, 1.807) is 0 Å². The van der Waals surface area contributed by atoms with Crippen LogP contribution in [0.2, 0.25) is 0 Å². The predicted octanol–water partition coefficient (Wildman–Crippen LogP) is 6.06. The minimum atomic E-state index is -2.04. The Bertz CT molecular complexity index is 915. The van der Waals surface area contributed by atoms with E-state index < -0.39 is 6.89 Å². The van der Waals surface area contributed by atoms with E-state index in [1.165, 1.54) is 27.1 Å². The van der Waals surface area contributed by atoms with Gasteiger partial charge in [0.1, 0.15) is 0 Å². The molecule has 3 aromatic rings. The largest absolute Gasteiger partial charge is 0.348 e. The molecule has 0 unspecified atom stereocenters. The maximum atomic E-state index is 6.32. The highest BCUT2D eigenvalue weighted by Gasteiger charge is 2.25. The van der Waals surface area contributed by atoms with Gasteiger partial charge in [0.05, 0.1) is 6.61 Å². The van der Waals surface area contributed by atoms with E-state index in [0.717, 1.165) is 12.8 Å². The Labute approximate surface area is 181 Å². The molecule has 0 saturated heterocycles. The number of rotatable bonds is 9. The van der Waals surface area contributed by atoms with E-state index in [2.05, 4.69) is 123 Å². The third kappa shape index (κ3) is 5.51. The van der Waals surface area contributed by atoms with E-state index in [0.29, 0.717) is 6.61 Å². The molecule has 0 aromatic heterocycles. The SMILES string of the molecule is C=C(C)CC/C=C(\C)COC=P(c1ccccc1)(c1ccccc1)c1ccccc1. The zero-order valence-electron chi connectivity index (χ0n) is 18.0. The molecule has 154 valence electrons. The molecular weight excluding hydrogens is 383 g/mol. The molecule has 30 heavy (non-hydrogen) atoms. The van der Waals surface area contributed by atoms with Gasteiger partial charge in [-0.25, -0.2) is 0 Å². The fourth-order valence-electron chi connectivity index (χ4n) is 3.52. The van der Waals surface area contributed by atoms with E-state index in [4.69, 9.17) is 4.74 Å². The average molecular weight is 415 g/mol. The molecule has 2 heteroatoms. The van der Waals surface area contributed by atoms with Crippen molar-refractivity contribution in [3.63, 3.8) is 0 Å². The van der Waals surface area contributed by atoms with Crippen molar-refractivity contribution in [1.29, 1.82) is 0 Å². The fourth-order valence-corrected chi connectivity index (χ4v) is 7.01. The summed E-state index contributed by atoms with van der Waals surface area (Å²) in [5.41, 5.74) is 2.47. The van der Waals surface area contributed by atoms with Gasteiger partial charge in [0.15, 0.2) is 0 Å². The third-order valence-electron chi connectivity index (χ3n) is 5.10. The summed E-state index contributed by atoms with van der Waals surface area (Å²) < 4.78 is 6.32. The second-order valence-corrected chi connectivity index (χ2v) is 10.9. The van der Waals surface area contributed by atoms with Crippen molar-refractivity contribution in [2.24, 2.45) is 0 Å². The predicted molar refractivity (Wildman–Crippen MR) is 135 cm³/mol. The Hall–Kier alpha value is -2.60. The lowest BCUT2D eigenvalue weighted by Crippen LogP contribution is -2.27. The molecule has 3 aromatic carbocycles. The molecule has 0 aliphatic heterocycles. The summed E-state index contributed by atoms with van der Waals surface area (Å²) in [7, 11) is 0. The van der Waals surface area contributed by atoms with Gasteiger partial charge in [0, 0.05) is 5.98 Å². The molecular formula is C28H31OP. The van der Waals surface area contributed by atoms with Crippen LogP contribution in [0.15, 0.2) is 115 Å². The van der Waals surface area contributed by atoms with Gasteiger partial charge in [0.25, 0.3) is 0 Å². The van der Waals surface area contributed by atoms with Gasteiger partial charge < -0.3 is 4.74 Å². The van der Waals surface area contributed by atoms with E-state index in [-0.39, 0.29) is 0 Å². The first-order chi connectivity index (χ1) is 14.6. The van der Waals surface area contributed by atoms with E-state index in [9.17, 15) is 0 Å². The minimum Gasteiger partial charge on any atom is -0.348 e. The highest BCUT2D eigenvalue weighted by molar-refractivity contribution is 7.94. The van der Waals surface area contributed by atoms with Crippen LogP contribution in [0.5, 0.6) is 0 Å². The van der Waals surface area contributed by atoms with Crippen LogP contribution in [0, 0.1) is 0 Å². The Morgan fingerprint density at radius 3 is 1.60 bits per heavy atom. The molecule has 0 radical (unpaired) electrons. The normalized spacial score (nSPS) is 11.9. The van der Waals surface area contributed by atoms with E-state index >= 15 is 0 Å². The molecule has 1 nitrogen and oxygen atoms in total. The summed E-state index contributed by atoms with van der Waals surface area (Å²) in [5.74, 6) is 2.13. The molecule has 0 N–H and O–H groups in total. The smallest absolute Gasteiger partial charge is 0.0733 e. The van der Waals surface area contributed by atoms with Gasteiger partial charge >= 0.3 is 0 Å². The van der Waals surface area contributed by atoms with Crippen molar-refractivity contribution in [2.75, 3.05) is 6.61 Å². The van der Waals surface area contributed by atoms with Crippen LogP contribution >= 0.6 is 6.89 Å². The molecule has 0 amide bonds. The monoisotopic (exact) mass is 414 g/mol. The minimum absolute atomic E-state index is 0.602. The lowest BCUT2D eigenvalue weighted by molar-refractivity contribution is 0.363. The first kappa shape index (κ1) is 22.1. The molecule has 0 aliphatic carbocycles. The van der Waals surface area contributed by atoms with Crippen molar-refractivity contribution in [3.05, 3.63) is 115 Å². The molecule has 0 fully saturated rings. The van der Waals surface area contributed by atoms with Gasteiger partial charge in [-0.15, -0.1) is 6.58 Å². The molecule has 0 bridgehead atoms. The molecule has 0 aliphatic rings. The maximum absolute atomic E-state index is 6.32. The van der Waals surface area contributed by atoms with Gasteiger partial charge in [-0.1, -0.05) is 108 Å². The molecule has 0 heterocycles. The lowest BCUT2D eigenvalue weighted by Gasteiger charge is -2.28. The van der Waals surface area contributed by atoms with Crippen molar-refractivity contribution >= 4 is 28.8 Å². The Morgan fingerprint density at radius 1 is 0.767 bits per heavy atom. The van der Waals surface area contributed by atoms with Gasteiger partial charge in [0.2, 0.25) is 0 Å². The van der Waals surface area contributed by atoms with Crippen LogP contribution in [0.1, 0.15) is 26.7 Å². The lowest BCUT2D eigenvalue weighted by atomic mass is 10.1. The average Bonchev–Trinajstić information content (AvgIpc) is 2.78. The number of hydrogen-bond acceptors (Lipinski definition) is 1. The quantitative estimate of drug-likeness (QED) is 0.305. The van der Waals surface area contributed by atoms with Gasteiger partial charge in [-0.2, -0.15) is 0 Å². The third-order valence-corrected chi connectivity index (χ3v) is 8.90. The summed E-state index contributed by atoms with van der Waals surface area (Å²) in [5, 5.41) is 3.89. The first-order valence-electron chi connectivity index (χ1n) is 10.4. The van der Waals surface area contributed by atoms with Gasteiger partial charge in [-0.3, -0.25) is 0 Å². The number of benzene rings is 3. The van der Waals surface area contributed by atoms with Crippen molar-refractivity contribution in [3.8, 4) is 0 Å². The highest BCUT2D eigenvalue weighted by atomic mass is 31.2. The number of allylic oxidation sites excluding steroid dienone is 2. The fraction of sp³-hybridized carbons (Fsp3) is 0.179. The van der Waals surface area contributed by atoms with Gasteiger partial charge in [-0.05, 0) is 49.5 Å². The summed E-state index contributed by atoms with van der Waals surface area (Å²) >= 11 is 0. The number of ether oxygens (including phenoxy) is 1. The molecule has 3 rings (SSSR count). The number of hydrogen-bond donors (Lipinski definition) is 0. The van der Waals surface area contributed by atoms with Crippen LogP contribution in [-0.4, -0.2) is 12.6 Å². The maximum Gasteiger partial charge on any atom is 0.0733 e.